The molecule has 2 aliphatic rings. The standard InChI is InChI=1S/C16H30N2O3/c1-4-21-13-11-16(17,15(13,2)3)14(20)18(9-10-19)12-7-5-6-8-12/h12-13,19H,4-11,17H2,1-3H3. The summed E-state index contributed by atoms with van der Waals surface area (Å²) in [7, 11) is 0. The van der Waals surface area contributed by atoms with Gasteiger partial charge < -0.3 is 20.5 Å². The number of rotatable bonds is 6. The van der Waals surface area contributed by atoms with Gasteiger partial charge in [0.25, 0.3) is 0 Å². The minimum Gasteiger partial charge on any atom is -0.395 e. The van der Waals surface area contributed by atoms with Gasteiger partial charge in [-0.15, -0.1) is 0 Å². The van der Waals surface area contributed by atoms with E-state index in [9.17, 15) is 9.90 Å². The topological polar surface area (TPSA) is 75.8 Å². The van der Waals surface area contributed by atoms with Gasteiger partial charge in [0.05, 0.1) is 12.7 Å². The van der Waals surface area contributed by atoms with Gasteiger partial charge in [-0.3, -0.25) is 4.79 Å². The van der Waals surface area contributed by atoms with E-state index < -0.39 is 5.54 Å². The summed E-state index contributed by atoms with van der Waals surface area (Å²) in [5.74, 6) is -0.00981. The molecule has 3 N–H and O–H groups in total. The van der Waals surface area contributed by atoms with Crippen LogP contribution in [0.3, 0.4) is 0 Å². The Morgan fingerprint density at radius 2 is 2.00 bits per heavy atom. The molecule has 2 unspecified atom stereocenters. The maximum absolute atomic E-state index is 13.0. The molecule has 2 atom stereocenters. The fourth-order valence-corrected chi connectivity index (χ4v) is 3.83. The molecular weight excluding hydrogens is 268 g/mol. The van der Waals surface area contributed by atoms with Crippen molar-refractivity contribution in [3.8, 4) is 0 Å². The second-order valence-corrected chi connectivity index (χ2v) is 7.00. The van der Waals surface area contributed by atoms with E-state index in [0.717, 1.165) is 25.7 Å². The predicted molar refractivity (Wildman–Crippen MR) is 81.8 cm³/mol. The van der Waals surface area contributed by atoms with Crippen LogP contribution in [0.5, 0.6) is 0 Å². The van der Waals surface area contributed by atoms with Gasteiger partial charge in [0.2, 0.25) is 5.91 Å². The average Bonchev–Trinajstić information content (AvgIpc) is 2.97. The maximum Gasteiger partial charge on any atom is 0.243 e. The van der Waals surface area contributed by atoms with Gasteiger partial charge in [-0.25, -0.2) is 0 Å². The molecule has 2 aliphatic carbocycles. The number of ether oxygens (including phenoxy) is 1. The lowest BCUT2D eigenvalue weighted by molar-refractivity contribution is -0.181. The highest BCUT2D eigenvalue weighted by molar-refractivity contribution is 5.89. The highest BCUT2D eigenvalue weighted by Gasteiger charge is 2.64. The molecular formula is C16H30N2O3. The highest BCUT2D eigenvalue weighted by Crippen LogP contribution is 2.51. The summed E-state index contributed by atoms with van der Waals surface area (Å²) >= 11 is 0. The molecule has 0 saturated heterocycles. The SMILES string of the molecule is CCOC1CC(N)(C(=O)N(CCO)C2CCCC2)C1(C)C. The first-order valence-corrected chi connectivity index (χ1v) is 8.21. The zero-order chi connectivity index (χ0) is 15.7. The zero-order valence-electron chi connectivity index (χ0n) is 13.6. The monoisotopic (exact) mass is 298 g/mol. The predicted octanol–water partition coefficient (Wildman–Crippen LogP) is 1.28. The lowest BCUT2D eigenvalue weighted by Gasteiger charge is -2.59. The Morgan fingerprint density at radius 3 is 2.48 bits per heavy atom. The molecule has 0 aromatic heterocycles. The number of hydrogen-bond acceptors (Lipinski definition) is 4. The van der Waals surface area contributed by atoms with E-state index >= 15 is 0 Å². The van der Waals surface area contributed by atoms with Crippen LogP contribution in [0.2, 0.25) is 0 Å². The second-order valence-electron chi connectivity index (χ2n) is 7.00. The van der Waals surface area contributed by atoms with Crippen molar-refractivity contribution < 1.29 is 14.6 Å². The van der Waals surface area contributed by atoms with E-state index in [1.165, 1.54) is 0 Å². The maximum atomic E-state index is 13.0. The number of nitrogens with zero attached hydrogens (tertiary/aromatic N) is 1. The molecule has 2 fully saturated rings. The Balaban J connectivity index is 2.13. The van der Waals surface area contributed by atoms with Gasteiger partial charge >= 0.3 is 0 Å². The summed E-state index contributed by atoms with van der Waals surface area (Å²) in [6.07, 6.45) is 4.97. The number of aliphatic hydroxyl groups is 1. The second kappa shape index (κ2) is 6.23. The van der Waals surface area contributed by atoms with Crippen molar-refractivity contribution in [1.82, 2.24) is 4.90 Å². The fraction of sp³-hybridized carbons (Fsp3) is 0.938. The number of nitrogens with two attached hydrogens (primary N) is 1. The normalized spacial score (nSPS) is 32.0. The van der Waals surface area contributed by atoms with Crippen molar-refractivity contribution in [2.45, 2.75) is 70.6 Å². The molecule has 21 heavy (non-hydrogen) atoms. The van der Waals surface area contributed by atoms with Crippen LogP contribution < -0.4 is 5.73 Å². The van der Waals surface area contributed by atoms with Crippen LogP contribution in [0.1, 0.15) is 52.9 Å². The van der Waals surface area contributed by atoms with Crippen molar-refractivity contribution >= 4 is 5.91 Å². The smallest absolute Gasteiger partial charge is 0.243 e. The Kier molecular flexibility index (Phi) is 4.96. The molecule has 1 amide bonds. The van der Waals surface area contributed by atoms with Crippen LogP contribution in [-0.4, -0.2) is 53.4 Å². The van der Waals surface area contributed by atoms with E-state index in [1.54, 1.807) is 0 Å². The third-order valence-electron chi connectivity index (χ3n) is 5.58. The molecule has 122 valence electrons. The summed E-state index contributed by atoms with van der Waals surface area (Å²) in [6, 6.07) is 0.243. The molecule has 0 heterocycles. The Bertz CT molecular complexity index is 380. The highest BCUT2D eigenvalue weighted by atomic mass is 16.5. The molecule has 0 spiro atoms. The van der Waals surface area contributed by atoms with Gasteiger partial charge in [-0.05, 0) is 19.8 Å². The number of carbonyl (C=O) groups is 1. The number of aliphatic hydroxyl groups excluding tert-OH is 1. The molecule has 0 aliphatic heterocycles. The van der Waals surface area contributed by atoms with Crippen molar-refractivity contribution in [1.29, 1.82) is 0 Å². The van der Waals surface area contributed by atoms with Crippen LogP contribution in [-0.2, 0) is 9.53 Å². The van der Waals surface area contributed by atoms with Gasteiger partial charge in [-0.2, -0.15) is 0 Å². The first-order valence-electron chi connectivity index (χ1n) is 8.21. The molecule has 0 aromatic carbocycles. The molecule has 2 saturated carbocycles. The van der Waals surface area contributed by atoms with Crippen LogP contribution in [0.4, 0.5) is 0 Å². The summed E-state index contributed by atoms with van der Waals surface area (Å²) in [6.45, 7) is 7.01. The van der Waals surface area contributed by atoms with Gasteiger partial charge in [0.1, 0.15) is 5.54 Å². The lowest BCUT2D eigenvalue weighted by atomic mass is 9.54. The van der Waals surface area contributed by atoms with Crippen LogP contribution in [0.15, 0.2) is 0 Å². The summed E-state index contributed by atoms with van der Waals surface area (Å²) in [4.78, 5) is 14.9. The quantitative estimate of drug-likeness (QED) is 0.774. The Hall–Kier alpha value is -0.650. The molecule has 0 aromatic rings. The molecule has 0 radical (unpaired) electrons. The van der Waals surface area contributed by atoms with Crippen molar-refractivity contribution in [3.05, 3.63) is 0 Å². The van der Waals surface area contributed by atoms with E-state index in [-0.39, 0.29) is 30.1 Å². The minimum atomic E-state index is -0.870. The van der Waals surface area contributed by atoms with E-state index in [1.807, 2.05) is 25.7 Å². The van der Waals surface area contributed by atoms with Crippen LogP contribution in [0.25, 0.3) is 0 Å². The summed E-state index contributed by atoms with van der Waals surface area (Å²) in [5.41, 5.74) is 5.25. The number of carbonyl (C=O) groups excluding carboxylic acids is 1. The summed E-state index contributed by atoms with van der Waals surface area (Å²) < 4.78 is 5.70. The molecule has 2 rings (SSSR count). The van der Waals surface area contributed by atoms with Crippen molar-refractivity contribution in [2.75, 3.05) is 19.8 Å². The zero-order valence-corrected chi connectivity index (χ0v) is 13.6. The first-order chi connectivity index (χ1) is 9.88. The number of hydrogen-bond donors (Lipinski definition) is 2. The van der Waals surface area contributed by atoms with Crippen LogP contribution >= 0.6 is 0 Å². The number of amides is 1. The largest absolute Gasteiger partial charge is 0.395 e. The van der Waals surface area contributed by atoms with Gasteiger partial charge in [-0.1, -0.05) is 26.7 Å². The van der Waals surface area contributed by atoms with Gasteiger partial charge in [0.15, 0.2) is 0 Å². The van der Waals surface area contributed by atoms with Crippen molar-refractivity contribution in [3.63, 3.8) is 0 Å². The van der Waals surface area contributed by atoms with Crippen LogP contribution in [0, 0.1) is 5.41 Å². The Morgan fingerprint density at radius 1 is 1.38 bits per heavy atom. The first kappa shape index (κ1) is 16.7. The van der Waals surface area contributed by atoms with E-state index in [0.29, 0.717) is 19.6 Å². The Labute approximate surface area is 127 Å². The van der Waals surface area contributed by atoms with E-state index in [2.05, 4.69) is 0 Å². The lowest BCUT2D eigenvalue weighted by Crippen LogP contribution is -2.76. The third-order valence-corrected chi connectivity index (χ3v) is 5.58. The average molecular weight is 298 g/mol. The molecule has 5 heteroatoms. The fourth-order valence-electron chi connectivity index (χ4n) is 3.83. The minimum absolute atomic E-state index is 0.00631. The third kappa shape index (κ3) is 2.71. The van der Waals surface area contributed by atoms with Crippen molar-refractivity contribution in [2.24, 2.45) is 11.1 Å². The summed E-state index contributed by atoms with van der Waals surface area (Å²) in [5, 5.41) is 9.31. The molecule has 5 nitrogen and oxygen atoms in total. The molecule has 0 bridgehead atoms. The van der Waals surface area contributed by atoms with E-state index in [4.69, 9.17) is 10.5 Å². The van der Waals surface area contributed by atoms with Gasteiger partial charge in [0, 0.05) is 31.0 Å².